The van der Waals surface area contributed by atoms with E-state index in [0.717, 1.165) is 21.7 Å². The first-order valence-corrected chi connectivity index (χ1v) is 7.69. The molecule has 116 valence electrons. The van der Waals surface area contributed by atoms with E-state index in [1.807, 2.05) is 19.9 Å². The van der Waals surface area contributed by atoms with Gasteiger partial charge in [0.15, 0.2) is 0 Å². The van der Waals surface area contributed by atoms with Gasteiger partial charge in [0, 0.05) is 21.6 Å². The summed E-state index contributed by atoms with van der Waals surface area (Å²) in [5.41, 5.74) is 2.05. The number of hydrogen-bond acceptors (Lipinski definition) is 3. The smallest absolute Gasteiger partial charge is 0.138 e. The lowest BCUT2D eigenvalue weighted by Crippen LogP contribution is -2.36. The average molecular weight is 297 g/mol. The fourth-order valence-electron chi connectivity index (χ4n) is 3.50. The lowest BCUT2D eigenvalue weighted by molar-refractivity contribution is 0.236. The van der Waals surface area contributed by atoms with Crippen molar-refractivity contribution in [2.24, 2.45) is 10.8 Å². The number of rotatable bonds is 1. The monoisotopic (exact) mass is 297 g/mol. The first kappa shape index (κ1) is 15.0. The largest absolute Gasteiger partial charge is 0.506 e. The Morgan fingerprint density at radius 2 is 1.82 bits per heavy atom. The Bertz CT molecular complexity index is 824. The van der Waals surface area contributed by atoms with Crippen LogP contribution in [0.5, 0.6) is 0 Å². The zero-order valence-corrected chi connectivity index (χ0v) is 13.8. The lowest BCUT2D eigenvalue weighted by Gasteiger charge is -2.31. The van der Waals surface area contributed by atoms with E-state index < -0.39 is 11.5 Å². The maximum absolute atomic E-state index is 10.4. The Morgan fingerprint density at radius 1 is 1.14 bits per heavy atom. The van der Waals surface area contributed by atoms with Crippen molar-refractivity contribution in [2.45, 2.75) is 40.7 Å². The van der Waals surface area contributed by atoms with E-state index in [9.17, 15) is 10.2 Å². The van der Waals surface area contributed by atoms with Crippen LogP contribution in [0.3, 0.4) is 0 Å². The SMILES string of the molecule is CC(O)C1=c2cc3c(nc2C(O)=CC1(C)C)=CC(C)(C)C=C3. The minimum atomic E-state index is -0.592. The second-order valence-corrected chi connectivity index (χ2v) is 7.50. The quantitative estimate of drug-likeness (QED) is 0.837. The van der Waals surface area contributed by atoms with Crippen LogP contribution in [0.1, 0.15) is 45.9 Å². The highest BCUT2D eigenvalue weighted by atomic mass is 16.3. The number of aliphatic hydroxyl groups excluding tert-OH is 2. The normalized spacial score (nSPS) is 22.3. The van der Waals surface area contributed by atoms with Gasteiger partial charge in [-0.15, -0.1) is 0 Å². The van der Waals surface area contributed by atoms with E-state index in [4.69, 9.17) is 0 Å². The summed E-state index contributed by atoms with van der Waals surface area (Å²) in [6, 6.07) is 2.03. The van der Waals surface area contributed by atoms with Crippen LogP contribution < -0.4 is 10.6 Å². The molecule has 0 aromatic carbocycles. The zero-order valence-electron chi connectivity index (χ0n) is 13.8. The van der Waals surface area contributed by atoms with Crippen LogP contribution in [0, 0.1) is 10.8 Å². The molecule has 3 rings (SSSR count). The van der Waals surface area contributed by atoms with Crippen molar-refractivity contribution in [2.75, 3.05) is 0 Å². The van der Waals surface area contributed by atoms with Crippen LogP contribution in [0.4, 0.5) is 0 Å². The lowest BCUT2D eigenvalue weighted by atomic mass is 9.76. The highest BCUT2D eigenvalue weighted by Crippen LogP contribution is 2.36. The Balaban J connectivity index is 2.43. The molecular formula is C19H23NO2. The molecule has 2 N–H and O–H groups in total. The van der Waals surface area contributed by atoms with Crippen molar-refractivity contribution in [3.8, 4) is 0 Å². The van der Waals surface area contributed by atoms with Crippen LogP contribution in [-0.2, 0) is 0 Å². The van der Waals surface area contributed by atoms with E-state index in [1.54, 1.807) is 13.0 Å². The highest BCUT2D eigenvalue weighted by Gasteiger charge is 2.31. The third kappa shape index (κ3) is 2.30. The third-order valence-corrected chi connectivity index (χ3v) is 4.43. The Hall–Kier alpha value is -1.87. The van der Waals surface area contributed by atoms with Crippen LogP contribution >= 0.6 is 0 Å². The maximum atomic E-state index is 10.4. The van der Waals surface area contributed by atoms with Crippen molar-refractivity contribution < 1.29 is 10.2 Å². The molecule has 2 aliphatic carbocycles. The summed E-state index contributed by atoms with van der Waals surface area (Å²) in [6.45, 7) is 10.0. The molecular weight excluding hydrogens is 274 g/mol. The summed E-state index contributed by atoms with van der Waals surface area (Å²) >= 11 is 0. The fraction of sp³-hybridized carbons (Fsp3) is 0.421. The van der Waals surface area contributed by atoms with Crippen molar-refractivity contribution in [1.82, 2.24) is 4.98 Å². The van der Waals surface area contributed by atoms with Gasteiger partial charge in [0.05, 0.1) is 11.5 Å². The van der Waals surface area contributed by atoms with Gasteiger partial charge in [0.2, 0.25) is 0 Å². The molecule has 0 aliphatic heterocycles. The number of fused-ring (bicyclic) bond motifs is 2. The molecule has 0 amide bonds. The van der Waals surface area contributed by atoms with Gasteiger partial charge in [-0.1, -0.05) is 39.8 Å². The Labute approximate surface area is 131 Å². The van der Waals surface area contributed by atoms with Gasteiger partial charge in [0.25, 0.3) is 0 Å². The Kier molecular flexibility index (Phi) is 3.12. The van der Waals surface area contributed by atoms with Crippen LogP contribution in [0.2, 0.25) is 0 Å². The number of nitrogens with zero attached hydrogens (tertiary/aromatic N) is 1. The van der Waals surface area contributed by atoms with Crippen molar-refractivity contribution in [1.29, 1.82) is 0 Å². The van der Waals surface area contributed by atoms with Gasteiger partial charge in [-0.05, 0) is 30.7 Å². The predicted octanol–water partition coefficient (Wildman–Crippen LogP) is 2.39. The molecule has 0 bridgehead atoms. The summed E-state index contributed by atoms with van der Waals surface area (Å²) in [7, 11) is 0. The molecule has 1 atom stereocenters. The zero-order chi connectivity index (χ0) is 16.3. The summed E-state index contributed by atoms with van der Waals surface area (Å²) in [4.78, 5) is 4.67. The second kappa shape index (κ2) is 4.56. The minimum Gasteiger partial charge on any atom is -0.506 e. The highest BCUT2D eigenvalue weighted by molar-refractivity contribution is 5.74. The van der Waals surface area contributed by atoms with Gasteiger partial charge < -0.3 is 10.2 Å². The summed E-state index contributed by atoms with van der Waals surface area (Å²) in [5, 5.41) is 22.4. The first-order valence-electron chi connectivity index (χ1n) is 7.69. The number of pyridine rings is 1. The molecule has 3 nitrogen and oxygen atoms in total. The number of allylic oxidation sites excluding steroid dienone is 2. The van der Waals surface area contributed by atoms with Gasteiger partial charge in [-0.25, -0.2) is 4.98 Å². The molecule has 0 saturated heterocycles. The molecule has 1 aromatic rings. The maximum Gasteiger partial charge on any atom is 0.138 e. The Morgan fingerprint density at radius 3 is 2.45 bits per heavy atom. The summed E-state index contributed by atoms with van der Waals surface area (Å²) < 4.78 is 0. The standard InChI is InChI=1S/C19H23NO2/c1-11(21)16-13-8-12-6-7-18(2,3)9-14(12)20-17(13)15(22)10-19(16,4)5/h6-11,21-22H,1-5H3. The molecule has 0 radical (unpaired) electrons. The topological polar surface area (TPSA) is 53.4 Å². The minimum absolute atomic E-state index is 0.0433. The first-order chi connectivity index (χ1) is 10.1. The number of hydrogen-bond donors (Lipinski definition) is 2. The van der Waals surface area contributed by atoms with E-state index >= 15 is 0 Å². The van der Waals surface area contributed by atoms with Crippen molar-refractivity contribution >= 4 is 23.5 Å². The molecule has 0 fully saturated rings. The number of aliphatic hydroxyl groups is 2. The average Bonchev–Trinajstić information content (AvgIpc) is 2.35. The van der Waals surface area contributed by atoms with E-state index in [-0.39, 0.29) is 11.2 Å². The molecule has 22 heavy (non-hydrogen) atoms. The fourth-order valence-corrected chi connectivity index (χ4v) is 3.50. The second-order valence-electron chi connectivity index (χ2n) is 7.50. The predicted molar refractivity (Wildman–Crippen MR) is 90.2 cm³/mol. The molecule has 2 aliphatic rings. The summed E-state index contributed by atoms with van der Waals surface area (Å²) in [5.74, 6) is 0.188. The van der Waals surface area contributed by atoms with Gasteiger partial charge in [-0.3, -0.25) is 0 Å². The van der Waals surface area contributed by atoms with Crippen LogP contribution in [0.25, 0.3) is 23.5 Å². The number of aromatic nitrogens is 1. The van der Waals surface area contributed by atoms with Gasteiger partial charge in [-0.2, -0.15) is 0 Å². The molecule has 1 heterocycles. The van der Waals surface area contributed by atoms with Crippen molar-refractivity contribution in [3.63, 3.8) is 0 Å². The van der Waals surface area contributed by atoms with E-state index in [1.165, 1.54) is 0 Å². The third-order valence-electron chi connectivity index (χ3n) is 4.43. The molecule has 3 heteroatoms. The molecule has 0 saturated carbocycles. The molecule has 0 spiro atoms. The summed E-state index contributed by atoms with van der Waals surface area (Å²) in [6.07, 6.45) is 7.52. The van der Waals surface area contributed by atoms with Gasteiger partial charge >= 0.3 is 0 Å². The van der Waals surface area contributed by atoms with E-state index in [0.29, 0.717) is 5.69 Å². The molecule has 1 aromatic heterocycles. The van der Waals surface area contributed by atoms with Crippen LogP contribution in [-0.4, -0.2) is 21.3 Å². The van der Waals surface area contributed by atoms with Gasteiger partial charge in [0.1, 0.15) is 11.5 Å². The van der Waals surface area contributed by atoms with E-state index in [2.05, 4.69) is 37.1 Å². The van der Waals surface area contributed by atoms with Crippen molar-refractivity contribution in [3.05, 3.63) is 40.0 Å². The molecule has 1 unspecified atom stereocenters. The van der Waals surface area contributed by atoms with Crippen LogP contribution in [0.15, 0.2) is 18.2 Å².